The van der Waals surface area contributed by atoms with Crippen molar-refractivity contribution in [3.63, 3.8) is 0 Å². The molecule has 0 bridgehead atoms. The van der Waals surface area contributed by atoms with E-state index in [2.05, 4.69) is 74.5 Å². The topological polar surface area (TPSA) is 12.9 Å². The molecule has 0 amide bonds. The minimum atomic E-state index is 1.05. The van der Waals surface area contributed by atoms with Crippen LogP contribution in [0, 0.1) is 0 Å². The van der Waals surface area contributed by atoms with Gasteiger partial charge >= 0.3 is 0 Å². The van der Waals surface area contributed by atoms with Gasteiger partial charge in [0, 0.05) is 17.3 Å². The Hall–Kier alpha value is -2.41. The maximum absolute atomic E-state index is 4.73. The average Bonchev–Trinajstić information content (AvgIpc) is 2.81. The van der Waals surface area contributed by atoms with Crippen LogP contribution in [-0.4, -0.2) is 4.98 Å². The van der Waals surface area contributed by atoms with Gasteiger partial charge in [-0.3, -0.25) is 4.98 Å². The van der Waals surface area contributed by atoms with Crippen molar-refractivity contribution in [2.75, 3.05) is 0 Å². The summed E-state index contributed by atoms with van der Waals surface area (Å²) in [5, 5.41) is 0. The van der Waals surface area contributed by atoms with E-state index in [9.17, 15) is 0 Å². The van der Waals surface area contributed by atoms with Crippen LogP contribution in [0.25, 0.3) is 22.4 Å². The zero-order valence-corrected chi connectivity index (χ0v) is 18.9. The van der Waals surface area contributed by atoms with E-state index in [4.69, 9.17) is 4.98 Å². The number of hydrogen-bond donors (Lipinski definition) is 0. The van der Waals surface area contributed by atoms with Crippen LogP contribution in [0.15, 0.2) is 66.9 Å². The van der Waals surface area contributed by atoms with Crippen molar-refractivity contribution in [2.45, 2.75) is 78.1 Å². The molecule has 30 heavy (non-hydrogen) atoms. The molecule has 1 nitrogen and oxygen atoms in total. The number of pyridine rings is 1. The Morgan fingerprint density at radius 1 is 0.500 bits per heavy atom. The van der Waals surface area contributed by atoms with Crippen LogP contribution in [0.3, 0.4) is 0 Å². The molecule has 1 heteroatoms. The molecule has 0 unspecified atom stereocenters. The predicted molar refractivity (Wildman–Crippen MR) is 131 cm³/mol. The molecule has 158 valence electrons. The molecule has 0 atom stereocenters. The Morgan fingerprint density at radius 3 is 1.63 bits per heavy atom. The number of hydrogen-bond acceptors (Lipinski definition) is 1. The van der Waals surface area contributed by atoms with Gasteiger partial charge in [0.05, 0.1) is 5.69 Å². The largest absolute Gasteiger partial charge is 0.256 e. The number of unbranched alkanes of at least 4 members (excludes halogenated alkanes) is 6. The van der Waals surface area contributed by atoms with Gasteiger partial charge in [-0.05, 0) is 48.4 Å². The first-order chi connectivity index (χ1) is 14.8. The maximum Gasteiger partial charge on any atom is 0.0702 e. The molecule has 0 aliphatic rings. The standard InChI is InChI=1S/C29H37N/c1-3-5-7-8-9-10-12-25-15-19-27(20-16-25)29-22-21-28(23-30-29)26-17-13-24(14-18-26)11-6-4-2/h13-23H,3-12H2,1-2H3. The van der Waals surface area contributed by atoms with Crippen molar-refractivity contribution in [2.24, 2.45) is 0 Å². The highest BCUT2D eigenvalue weighted by atomic mass is 14.7. The number of aromatic nitrogens is 1. The number of nitrogens with zero attached hydrogens (tertiary/aromatic N) is 1. The molecule has 0 aliphatic heterocycles. The third kappa shape index (κ3) is 6.83. The molecule has 3 rings (SSSR count). The van der Waals surface area contributed by atoms with Crippen molar-refractivity contribution in [1.82, 2.24) is 4.98 Å². The fourth-order valence-corrected chi connectivity index (χ4v) is 3.93. The van der Waals surface area contributed by atoms with Gasteiger partial charge in [0.15, 0.2) is 0 Å². The lowest BCUT2D eigenvalue weighted by Crippen LogP contribution is -1.89. The van der Waals surface area contributed by atoms with Crippen LogP contribution in [0.5, 0.6) is 0 Å². The van der Waals surface area contributed by atoms with E-state index in [1.54, 1.807) is 0 Å². The summed E-state index contributed by atoms with van der Waals surface area (Å²) in [6.45, 7) is 4.51. The summed E-state index contributed by atoms with van der Waals surface area (Å²) in [6, 6.07) is 22.3. The molecule has 0 radical (unpaired) electrons. The Balaban J connectivity index is 1.54. The summed E-state index contributed by atoms with van der Waals surface area (Å²) in [5.74, 6) is 0. The molecular weight excluding hydrogens is 362 g/mol. The first kappa shape index (κ1) is 22.3. The first-order valence-electron chi connectivity index (χ1n) is 11.9. The molecule has 0 saturated heterocycles. The highest BCUT2D eigenvalue weighted by Gasteiger charge is 2.03. The number of rotatable bonds is 12. The van der Waals surface area contributed by atoms with E-state index in [-0.39, 0.29) is 0 Å². The molecule has 0 N–H and O–H groups in total. The molecule has 0 fully saturated rings. The summed E-state index contributed by atoms with van der Waals surface area (Å²) in [5.41, 5.74) is 7.52. The fourth-order valence-electron chi connectivity index (χ4n) is 3.93. The van der Waals surface area contributed by atoms with Crippen LogP contribution in [-0.2, 0) is 12.8 Å². The van der Waals surface area contributed by atoms with Crippen LogP contribution in [0.1, 0.15) is 76.3 Å². The SMILES string of the molecule is CCCCCCCCc1ccc(-c2ccc(-c3ccc(CCCC)cc3)cn2)cc1. The lowest BCUT2D eigenvalue weighted by atomic mass is 10.0. The van der Waals surface area contributed by atoms with Gasteiger partial charge in [-0.2, -0.15) is 0 Å². The predicted octanol–water partition coefficient (Wildman–Crippen LogP) is 8.66. The Bertz CT molecular complexity index is 844. The zero-order chi connectivity index (χ0) is 21.0. The van der Waals surface area contributed by atoms with Crippen molar-refractivity contribution in [3.8, 4) is 22.4 Å². The third-order valence-electron chi connectivity index (χ3n) is 5.94. The van der Waals surface area contributed by atoms with Gasteiger partial charge in [0.1, 0.15) is 0 Å². The summed E-state index contributed by atoms with van der Waals surface area (Å²) < 4.78 is 0. The van der Waals surface area contributed by atoms with E-state index < -0.39 is 0 Å². The molecule has 1 aromatic heterocycles. The highest BCUT2D eigenvalue weighted by molar-refractivity contribution is 5.67. The molecular formula is C29H37N. The Labute approximate surface area is 183 Å². The van der Waals surface area contributed by atoms with E-state index in [1.807, 2.05) is 6.20 Å². The van der Waals surface area contributed by atoms with E-state index >= 15 is 0 Å². The summed E-state index contributed by atoms with van der Waals surface area (Å²) in [6.07, 6.45) is 15.0. The van der Waals surface area contributed by atoms with Gasteiger partial charge < -0.3 is 0 Å². The average molecular weight is 400 g/mol. The second-order valence-electron chi connectivity index (χ2n) is 8.45. The van der Waals surface area contributed by atoms with Crippen LogP contribution >= 0.6 is 0 Å². The van der Waals surface area contributed by atoms with E-state index in [0.29, 0.717) is 0 Å². The van der Waals surface area contributed by atoms with E-state index in [1.165, 1.54) is 92.0 Å². The quantitative estimate of drug-likeness (QED) is 0.278. The molecule has 0 saturated carbocycles. The molecule has 3 aromatic rings. The molecule has 0 spiro atoms. The molecule has 2 aromatic carbocycles. The highest BCUT2D eigenvalue weighted by Crippen LogP contribution is 2.24. The molecule has 0 aliphatic carbocycles. The Kier molecular flexibility index (Phi) is 9.15. The minimum Gasteiger partial charge on any atom is -0.256 e. The van der Waals surface area contributed by atoms with Crippen LogP contribution < -0.4 is 0 Å². The van der Waals surface area contributed by atoms with Gasteiger partial charge in [-0.25, -0.2) is 0 Å². The van der Waals surface area contributed by atoms with Crippen molar-refractivity contribution in [1.29, 1.82) is 0 Å². The maximum atomic E-state index is 4.73. The summed E-state index contributed by atoms with van der Waals surface area (Å²) in [7, 11) is 0. The van der Waals surface area contributed by atoms with Crippen LogP contribution in [0.2, 0.25) is 0 Å². The third-order valence-corrected chi connectivity index (χ3v) is 5.94. The number of aryl methyl sites for hydroxylation is 2. The van der Waals surface area contributed by atoms with Gasteiger partial charge in [0.2, 0.25) is 0 Å². The summed E-state index contributed by atoms with van der Waals surface area (Å²) >= 11 is 0. The second-order valence-corrected chi connectivity index (χ2v) is 8.45. The molecule has 1 heterocycles. The normalized spacial score (nSPS) is 11.0. The first-order valence-corrected chi connectivity index (χ1v) is 11.9. The fraction of sp³-hybridized carbons (Fsp3) is 0.414. The minimum absolute atomic E-state index is 1.05. The van der Waals surface area contributed by atoms with E-state index in [0.717, 1.165) is 5.69 Å². The van der Waals surface area contributed by atoms with Gasteiger partial charge in [-0.1, -0.05) is 107 Å². The monoisotopic (exact) mass is 399 g/mol. The van der Waals surface area contributed by atoms with Gasteiger partial charge in [-0.15, -0.1) is 0 Å². The van der Waals surface area contributed by atoms with Crippen molar-refractivity contribution < 1.29 is 0 Å². The van der Waals surface area contributed by atoms with Gasteiger partial charge in [0.25, 0.3) is 0 Å². The van der Waals surface area contributed by atoms with Crippen LogP contribution in [0.4, 0.5) is 0 Å². The zero-order valence-electron chi connectivity index (χ0n) is 18.9. The lowest BCUT2D eigenvalue weighted by Gasteiger charge is -2.07. The summed E-state index contributed by atoms with van der Waals surface area (Å²) in [4.78, 5) is 4.73. The second kappa shape index (κ2) is 12.3. The smallest absolute Gasteiger partial charge is 0.0702 e. The number of benzene rings is 2. The lowest BCUT2D eigenvalue weighted by molar-refractivity contribution is 0.607. The van der Waals surface area contributed by atoms with Crippen molar-refractivity contribution in [3.05, 3.63) is 78.0 Å². The van der Waals surface area contributed by atoms with Crippen molar-refractivity contribution >= 4 is 0 Å². The Morgan fingerprint density at radius 2 is 1.03 bits per heavy atom.